The number of amides is 1. The van der Waals surface area contributed by atoms with Crippen LogP contribution in [0.5, 0.6) is 11.5 Å². The van der Waals surface area contributed by atoms with Gasteiger partial charge in [0.25, 0.3) is 0 Å². The summed E-state index contributed by atoms with van der Waals surface area (Å²) < 4.78 is 16.5. The number of hydrogen-bond acceptors (Lipinski definition) is 5. The summed E-state index contributed by atoms with van der Waals surface area (Å²) in [4.78, 5) is 14.4. The van der Waals surface area contributed by atoms with Crippen molar-refractivity contribution >= 4 is 5.91 Å². The van der Waals surface area contributed by atoms with Crippen LogP contribution in [0.25, 0.3) is 0 Å². The Labute approximate surface area is 139 Å². The van der Waals surface area contributed by atoms with Crippen molar-refractivity contribution in [3.8, 4) is 11.5 Å². The molecule has 24 heavy (non-hydrogen) atoms. The minimum Gasteiger partial charge on any atom is -0.499 e. The van der Waals surface area contributed by atoms with Crippen LogP contribution in [0.3, 0.4) is 0 Å². The number of hydrogen-bond donors (Lipinski definition) is 1. The fourth-order valence-corrected chi connectivity index (χ4v) is 4.83. The van der Waals surface area contributed by atoms with Gasteiger partial charge in [-0.15, -0.1) is 0 Å². The molecule has 126 valence electrons. The van der Waals surface area contributed by atoms with E-state index < -0.39 is 11.6 Å². The third-order valence-electron chi connectivity index (χ3n) is 5.89. The molecule has 1 spiro atoms. The summed E-state index contributed by atoms with van der Waals surface area (Å²) in [6.45, 7) is 0.866. The largest absolute Gasteiger partial charge is 0.499 e. The van der Waals surface area contributed by atoms with E-state index in [-0.39, 0.29) is 18.6 Å². The fraction of sp³-hybridized carbons (Fsp3) is 0.500. The number of fused-ring (bicyclic) bond motifs is 3. The SMILES string of the molecule is COC1=C[C@@]23CCC(=O)N2CCc2cc4c(cc2[C@H]3[C@H]1O)OCO4. The van der Waals surface area contributed by atoms with Crippen LogP contribution in [0.1, 0.15) is 29.9 Å². The number of aliphatic hydroxyl groups is 1. The maximum atomic E-state index is 12.5. The molecular formula is C18H19NO5. The van der Waals surface area contributed by atoms with Gasteiger partial charge in [-0.2, -0.15) is 0 Å². The normalized spacial score (nSPS) is 32.8. The fourth-order valence-electron chi connectivity index (χ4n) is 4.83. The molecule has 6 nitrogen and oxygen atoms in total. The van der Waals surface area contributed by atoms with Crippen LogP contribution in [0.4, 0.5) is 0 Å². The summed E-state index contributed by atoms with van der Waals surface area (Å²) in [5, 5.41) is 10.9. The minimum absolute atomic E-state index is 0.147. The van der Waals surface area contributed by atoms with Gasteiger partial charge in [0, 0.05) is 18.9 Å². The van der Waals surface area contributed by atoms with E-state index in [0.717, 1.165) is 23.3 Å². The lowest BCUT2D eigenvalue weighted by molar-refractivity contribution is -0.130. The molecule has 1 aromatic rings. The number of methoxy groups -OCH3 is 1. The molecule has 1 N–H and O–H groups in total. The molecule has 5 rings (SSSR count). The summed E-state index contributed by atoms with van der Waals surface area (Å²) in [6.07, 6.45) is 3.16. The Bertz CT molecular complexity index is 773. The van der Waals surface area contributed by atoms with E-state index in [1.54, 1.807) is 7.11 Å². The van der Waals surface area contributed by atoms with Crippen molar-refractivity contribution in [2.24, 2.45) is 0 Å². The maximum absolute atomic E-state index is 12.5. The molecule has 1 aliphatic carbocycles. The van der Waals surface area contributed by atoms with Crippen LogP contribution >= 0.6 is 0 Å². The van der Waals surface area contributed by atoms with Crippen LogP contribution in [-0.4, -0.2) is 48.0 Å². The molecule has 0 unspecified atom stereocenters. The van der Waals surface area contributed by atoms with Gasteiger partial charge < -0.3 is 24.2 Å². The zero-order chi connectivity index (χ0) is 16.5. The number of benzene rings is 1. The van der Waals surface area contributed by atoms with Crippen LogP contribution in [0.2, 0.25) is 0 Å². The molecule has 0 aromatic heterocycles. The summed E-state index contributed by atoms with van der Waals surface area (Å²) in [5.74, 6) is 1.91. The van der Waals surface area contributed by atoms with Gasteiger partial charge in [-0.25, -0.2) is 0 Å². The maximum Gasteiger partial charge on any atom is 0.231 e. The zero-order valence-corrected chi connectivity index (χ0v) is 13.4. The first-order chi connectivity index (χ1) is 11.6. The number of nitrogens with zero attached hydrogens (tertiary/aromatic N) is 1. The molecule has 1 aromatic carbocycles. The van der Waals surface area contributed by atoms with Gasteiger partial charge in [0.15, 0.2) is 11.5 Å². The summed E-state index contributed by atoms with van der Waals surface area (Å²) in [5.41, 5.74) is 1.64. The average Bonchev–Trinajstić information content (AvgIpc) is 3.20. The second-order valence-corrected chi connectivity index (χ2v) is 6.86. The third-order valence-corrected chi connectivity index (χ3v) is 5.89. The average molecular weight is 329 g/mol. The molecular weight excluding hydrogens is 310 g/mol. The predicted molar refractivity (Wildman–Crippen MR) is 83.8 cm³/mol. The molecule has 3 heterocycles. The van der Waals surface area contributed by atoms with Crippen molar-refractivity contribution in [1.29, 1.82) is 0 Å². The van der Waals surface area contributed by atoms with Gasteiger partial charge in [0.05, 0.1) is 12.6 Å². The molecule has 3 atom stereocenters. The Kier molecular flexibility index (Phi) is 2.75. The van der Waals surface area contributed by atoms with E-state index in [1.807, 2.05) is 23.1 Å². The van der Waals surface area contributed by atoms with Gasteiger partial charge >= 0.3 is 0 Å². The van der Waals surface area contributed by atoms with E-state index in [9.17, 15) is 9.90 Å². The number of ether oxygens (including phenoxy) is 3. The van der Waals surface area contributed by atoms with Crippen LogP contribution in [-0.2, 0) is 16.0 Å². The third kappa shape index (κ3) is 1.61. The lowest BCUT2D eigenvalue weighted by Crippen LogP contribution is -2.48. The molecule has 0 saturated carbocycles. The smallest absolute Gasteiger partial charge is 0.231 e. The van der Waals surface area contributed by atoms with Gasteiger partial charge in [-0.3, -0.25) is 4.79 Å². The van der Waals surface area contributed by atoms with E-state index in [2.05, 4.69) is 0 Å². The Hall–Kier alpha value is -2.21. The number of rotatable bonds is 1. The topological polar surface area (TPSA) is 68.2 Å². The van der Waals surface area contributed by atoms with E-state index in [4.69, 9.17) is 14.2 Å². The second kappa shape index (κ2) is 4.66. The van der Waals surface area contributed by atoms with Crippen molar-refractivity contribution < 1.29 is 24.1 Å². The standard InChI is InChI=1S/C18H19NO5/c1-22-14-8-18-4-2-15(20)19(18)5-3-10-6-12-13(24-9-23-12)7-11(10)16(18)17(14)21/h6-8,16-17,21H,2-5,9H2,1H3/t16-,17-,18+/m0/s1. The predicted octanol–water partition coefficient (Wildman–Crippen LogP) is 1.32. The molecule has 0 radical (unpaired) electrons. The number of carbonyl (C=O) groups excluding carboxylic acids is 1. The molecule has 6 heteroatoms. The first kappa shape index (κ1) is 14.2. The zero-order valence-electron chi connectivity index (χ0n) is 13.4. The van der Waals surface area contributed by atoms with Crippen molar-refractivity contribution in [2.75, 3.05) is 20.4 Å². The van der Waals surface area contributed by atoms with Gasteiger partial charge in [0.2, 0.25) is 12.7 Å². The molecule has 0 bridgehead atoms. The van der Waals surface area contributed by atoms with E-state index >= 15 is 0 Å². The minimum atomic E-state index is -0.763. The summed E-state index contributed by atoms with van der Waals surface area (Å²) in [7, 11) is 1.57. The monoisotopic (exact) mass is 329 g/mol. The van der Waals surface area contributed by atoms with Crippen LogP contribution in [0.15, 0.2) is 24.0 Å². The number of aliphatic hydroxyl groups excluding tert-OH is 1. The molecule has 1 amide bonds. The molecule has 3 aliphatic heterocycles. The Morgan fingerprint density at radius 3 is 2.88 bits per heavy atom. The highest BCUT2D eigenvalue weighted by Gasteiger charge is 2.58. The molecule has 1 fully saturated rings. The number of carbonyl (C=O) groups is 1. The first-order valence-corrected chi connectivity index (χ1v) is 8.32. The Morgan fingerprint density at radius 2 is 2.08 bits per heavy atom. The quantitative estimate of drug-likeness (QED) is 0.842. The highest BCUT2D eigenvalue weighted by molar-refractivity contribution is 5.81. The van der Waals surface area contributed by atoms with Gasteiger partial charge in [-0.05, 0) is 42.2 Å². The van der Waals surface area contributed by atoms with E-state index in [0.29, 0.717) is 30.9 Å². The van der Waals surface area contributed by atoms with Crippen LogP contribution < -0.4 is 9.47 Å². The highest BCUT2D eigenvalue weighted by atomic mass is 16.7. The summed E-state index contributed by atoms with van der Waals surface area (Å²) in [6, 6.07) is 3.97. The van der Waals surface area contributed by atoms with Crippen molar-refractivity contribution in [3.63, 3.8) is 0 Å². The van der Waals surface area contributed by atoms with E-state index in [1.165, 1.54) is 0 Å². The van der Waals surface area contributed by atoms with Gasteiger partial charge in [-0.1, -0.05) is 0 Å². The molecule has 4 aliphatic rings. The lowest BCUT2D eigenvalue weighted by Gasteiger charge is -2.38. The van der Waals surface area contributed by atoms with Crippen molar-refractivity contribution in [2.45, 2.75) is 36.8 Å². The van der Waals surface area contributed by atoms with Crippen molar-refractivity contribution in [3.05, 3.63) is 35.1 Å². The van der Waals surface area contributed by atoms with Crippen LogP contribution in [0, 0.1) is 0 Å². The molecule has 1 saturated heterocycles. The van der Waals surface area contributed by atoms with Gasteiger partial charge in [0.1, 0.15) is 11.9 Å². The highest BCUT2D eigenvalue weighted by Crippen LogP contribution is 2.54. The Balaban J connectivity index is 1.72. The van der Waals surface area contributed by atoms with Crippen molar-refractivity contribution in [1.82, 2.24) is 4.90 Å². The summed E-state index contributed by atoms with van der Waals surface area (Å²) >= 11 is 0. The first-order valence-electron chi connectivity index (χ1n) is 8.32. The Morgan fingerprint density at radius 1 is 1.29 bits per heavy atom. The second-order valence-electron chi connectivity index (χ2n) is 6.86. The lowest BCUT2D eigenvalue weighted by atomic mass is 9.78.